The number of carbonyl (C=O) groups is 2. The summed E-state index contributed by atoms with van der Waals surface area (Å²) in [5.74, 6) is 2.06. The maximum Gasteiger partial charge on any atom is 0.223 e. The molecule has 0 radical (unpaired) electrons. The Balaban J connectivity index is 0.000000855. The van der Waals surface area contributed by atoms with Crippen LogP contribution in [0.2, 0.25) is 0 Å². The van der Waals surface area contributed by atoms with Crippen LogP contribution in [0.25, 0.3) is 0 Å². The number of piperidine rings is 1. The van der Waals surface area contributed by atoms with E-state index in [4.69, 9.17) is 5.73 Å². The molecule has 0 bridgehead atoms. The van der Waals surface area contributed by atoms with E-state index in [1.807, 2.05) is 11.8 Å². The zero-order valence-corrected chi connectivity index (χ0v) is 17.0. The topological polar surface area (TPSA) is 69.9 Å². The van der Waals surface area contributed by atoms with Crippen molar-refractivity contribution in [2.24, 2.45) is 17.6 Å². The lowest BCUT2D eigenvalue weighted by Crippen LogP contribution is -2.47. The van der Waals surface area contributed by atoms with Crippen molar-refractivity contribution in [1.82, 2.24) is 14.7 Å². The van der Waals surface area contributed by atoms with Gasteiger partial charge in [0.2, 0.25) is 11.8 Å². The smallest absolute Gasteiger partial charge is 0.223 e. The molecule has 3 rings (SSSR count). The van der Waals surface area contributed by atoms with Gasteiger partial charge in [0.25, 0.3) is 0 Å². The lowest BCUT2D eigenvalue weighted by atomic mass is 10.0. The van der Waals surface area contributed by atoms with Gasteiger partial charge in [0.1, 0.15) is 0 Å². The number of nitrogens with zero attached hydrogens (tertiary/aromatic N) is 3. The molecule has 0 spiro atoms. The van der Waals surface area contributed by atoms with Crippen LogP contribution in [-0.2, 0) is 9.59 Å². The third-order valence-corrected chi connectivity index (χ3v) is 6.04. The van der Waals surface area contributed by atoms with Gasteiger partial charge in [-0.25, -0.2) is 0 Å². The second-order valence-electron chi connectivity index (χ2n) is 8.16. The van der Waals surface area contributed by atoms with Crippen molar-refractivity contribution < 1.29 is 9.59 Å². The molecule has 6 heteroatoms. The molecule has 2 aliphatic heterocycles. The van der Waals surface area contributed by atoms with E-state index in [1.54, 1.807) is 0 Å². The Morgan fingerprint density at radius 2 is 1.59 bits per heavy atom. The van der Waals surface area contributed by atoms with Gasteiger partial charge in [-0.2, -0.15) is 0 Å². The standard InChI is InChI=1S/C18H31N3O2.C2H7N.CH4/c1-14-12-15(14)13-18(23)21-10-4-16(5-11-21)19(2)9-6-17(22)20-7-3-8-20;1-2-3;/h14-16H,3-13H2,1-2H3;2-3H2,1H3;1H4. The largest absolute Gasteiger partial charge is 0.343 e. The summed E-state index contributed by atoms with van der Waals surface area (Å²) < 4.78 is 0. The van der Waals surface area contributed by atoms with Crippen molar-refractivity contribution in [3.8, 4) is 0 Å². The van der Waals surface area contributed by atoms with Crippen molar-refractivity contribution >= 4 is 11.8 Å². The first-order chi connectivity index (χ1) is 12.5. The third-order valence-electron chi connectivity index (χ3n) is 6.04. The summed E-state index contributed by atoms with van der Waals surface area (Å²) >= 11 is 0. The molecule has 1 aliphatic carbocycles. The molecule has 0 aromatic heterocycles. The van der Waals surface area contributed by atoms with Crippen molar-refractivity contribution in [1.29, 1.82) is 0 Å². The molecular weight excluding hydrogens is 340 g/mol. The van der Waals surface area contributed by atoms with Crippen LogP contribution in [0.3, 0.4) is 0 Å². The minimum atomic E-state index is 0. The van der Waals surface area contributed by atoms with Gasteiger partial charge in [0.15, 0.2) is 0 Å². The van der Waals surface area contributed by atoms with Crippen LogP contribution in [0.1, 0.15) is 59.8 Å². The molecule has 158 valence electrons. The Labute approximate surface area is 166 Å². The van der Waals surface area contributed by atoms with E-state index in [2.05, 4.69) is 23.8 Å². The first-order valence-electron chi connectivity index (χ1n) is 10.4. The van der Waals surface area contributed by atoms with Crippen molar-refractivity contribution in [3.63, 3.8) is 0 Å². The van der Waals surface area contributed by atoms with Gasteiger partial charge in [-0.1, -0.05) is 21.3 Å². The quantitative estimate of drug-likeness (QED) is 0.764. The molecule has 2 heterocycles. The number of likely N-dealkylation sites (tertiary alicyclic amines) is 2. The van der Waals surface area contributed by atoms with Gasteiger partial charge in [-0.3, -0.25) is 9.59 Å². The maximum absolute atomic E-state index is 12.3. The number of carbonyl (C=O) groups excluding carboxylic acids is 2. The number of amides is 2. The summed E-state index contributed by atoms with van der Waals surface area (Å²) in [5.41, 5.74) is 4.85. The Hall–Kier alpha value is -1.14. The number of nitrogens with two attached hydrogens (primary N) is 1. The molecule has 2 unspecified atom stereocenters. The fourth-order valence-electron chi connectivity index (χ4n) is 3.77. The van der Waals surface area contributed by atoms with Crippen LogP contribution < -0.4 is 5.73 Å². The molecule has 2 saturated heterocycles. The number of hydrogen-bond donors (Lipinski definition) is 1. The maximum atomic E-state index is 12.3. The van der Waals surface area contributed by atoms with E-state index in [0.717, 1.165) is 70.9 Å². The van der Waals surface area contributed by atoms with E-state index in [9.17, 15) is 9.59 Å². The van der Waals surface area contributed by atoms with Gasteiger partial charge < -0.3 is 20.4 Å². The molecule has 3 aliphatic rings. The summed E-state index contributed by atoms with van der Waals surface area (Å²) in [6, 6.07) is 0.517. The predicted octanol–water partition coefficient (Wildman–Crippen LogP) is 2.18. The summed E-state index contributed by atoms with van der Waals surface area (Å²) in [6.45, 7) is 9.39. The zero-order valence-electron chi connectivity index (χ0n) is 17.0. The average Bonchev–Trinajstić information content (AvgIpc) is 3.26. The first-order valence-corrected chi connectivity index (χ1v) is 10.4. The van der Waals surface area contributed by atoms with Crippen LogP contribution in [0.5, 0.6) is 0 Å². The Kier molecular flexibility index (Phi) is 10.3. The minimum Gasteiger partial charge on any atom is -0.343 e. The van der Waals surface area contributed by atoms with E-state index in [1.165, 1.54) is 6.42 Å². The van der Waals surface area contributed by atoms with Gasteiger partial charge in [0.05, 0.1) is 0 Å². The Bertz CT molecular complexity index is 459. The highest BCUT2D eigenvalue weighted by Gasteiger charge is 2.36. The highest BCUT2D eigenvalue weighted by atomic mass is 16.2. The SMILES string of the molecule is C.CC1CC1CC(=O)N1CCC(N(C)CCC(=O)N2CCC2)CC1.CCN. The van der Waals surface area contributed by atoms with Gasteiger partial charge >= 0.3 is 0 Å². The minimum absolute atomic E-state index is 0. The molecule has 27 heavy (non-hydrogen) atoms. The molecule has 6 nitrogen and oxygen atoms in total. The number of hydrogen-bond acceptors (Lipinski definition) is 4. The monoisotopic (exact) mass is 382 g/mol. The highest BCUT2D eigenvalue weighted by molar-refractivity contribution is 5.77. The van der Waals surface area contributed by atoms with Crippen molar-refractivity contribution in [3.05, 3.63) is 0 Å². The summed E-state index contributed by atoms with van der Waals surface area (Å²) in [4.78, 5) is 30.5. The van der Waals surface area contributed by atoms with Crippen LogP contribution >= 0.6 is 0 Å². The molecule has 2 atom stereocenters. The van der Waals surface area contributed by atoms with Crippen LogP contribution in [0.4, 0.5) is 0 Å². The van der Waals surface area contributed by atoms with E-state index in [0.29, 0.717) is 30.2 Å². The average molecular weight is 383 g/mol. The lowest BCUT2D eigenvalue weighted by Gasteiger charge is -2.37. The molecule has 2 N–H and O–H groups in total. The lowest BCUT2D eigenvalue weighted by molar-refractivity contribution is -0.135. The molecular formula is C21H42N4O2. The fourth-order valence-corrected chi connectivity index (χ4v) is 3.77. The molecule has 0 aromatic rings. The zero-order chi connectivity index (χ0) is 19.1. The van der Waals surface area contributed by atoms with Crippen molar-refractivity contribution in [2.45, 2.75) is 65.8 Å². The van der Waals surface area contributed by atoms with Gasteiger partial charge in [-0.05, 0) is 51.1 Å². The molecule has 0 aromatic carbocycles. The number of rotatable bonds is 6. The van der Waals surface area contributed by atoms with E-state index < -0.39 is 0 Å². The second kappa shape index (κ2) is 11.6. The normalized spacial score (nSPS) is 24.5. The summed E-state index contributed by atoms with van der Waals surface area (Å²) in [7, 11) is 2.12. The second-order valence-corrected chi connectivity index (χ2v) is 8.16. The summed E-state index contributed by atoms with van der Waals surface area (Å²) in [5, 5.41) is 0. The van der Waals surface area contributed by atoms with E-state index >= 15 is 0 Å². The predicted molar refractivity (Wildman–Crippen MR) is 111 cm³/mol. The fraction of sp³-hybridized carbons (Fsp3) is 0.905. The third kappa shape index (κ3) is 7.41. The molecule has 1 saturated carbocycles. The van der Waals surface area contributed by atoms with Crippen LogP contribution in [-0.4, -0.2) is 78.9 Å². The molecule has 3 fully saturated rings. The van der Waals surface area contributed by atoms with Crippen LogP contribution in [0.15, 0.2) is 0 Å². The molecule has 2 amide bonds. The van der Waals surface area contributed by atoms with Crippen molar-refractivity contribution in [2.75, 3.05) is 46.3 Å². The highest BCUT2D eigenvalue weighted by Crippen LogP contribution is 2.40. The first kappa shape index (κ1) is 23.9. The van der Waals surface area contributed by atoms with E-state index in [-0.39, 0.29) is 7.43 Å². The summed E-state index contributed by atoms with van der Waals surface area (Å²) in [6.07, 6.45) is 5.87. The Morgan fingerprint density at radius 3 is 2.04 bits per heavy atom. The Morgan fingerprint density at radius 1 is 1.07 bits per heavy atom. The van der Waals surface area contributed by atoms with Crippen LogP contribution in [0, 0.1) is 11.8 Å². The van der Waals surface area contributed by atoms with Gasteiger partial charge in [-0.15, -0.1) is 0 Å². The van der Waals surface area contributed by atoms with Gasteiger partial charge in [0, 0.05) is 51.6 Å².